The van der Waals surface area contributed by atoms with E-state index in [9.17, 15) is 9.59 Å². The van der Waals surface area contributed by atoms with Crippen LogP contribution in [0.3, 0.4) is 0 Å². The van der Waals surface area contributed by atoms with Crippen molar-refractivity contribution in [2.24, 2.45) is 5.92 Å². The Balaban J connectivity index is 3.93. The average Bonchev–Trinajstić information content (AvgIpc) is 1.90. The lowest BCUT2D eigenvalue weighted by atomic mass is 10.2. The number of rotatable bonds is 3. The molecule has 50 valence electrons. The number of hydrogen-bond donors (Lipinski definition) is 0. The highest BCUT2D eigenvalue weighted by Crippen LogP contribution is 1.94. The molecule has 0 radical (unpaired) electrons. The molecule has 0 heterocycles. The molecular formula is C6H8O3. The monoisotopic (exact) mass is 128 g/mol. The Kier molecular flexibility index (Phi) is 3.35. The summed E-state index contributed by atoms with van der Waals surface area (Å²) in [4.78, 5) is 20.4. The van der Waals surface area contributed by atoms with Gasteiger partial charge in [0.25, 0.3) is 0 Å². The predicted molar refractivity (Wildman–Crippen MR) is 31.8 cm³/mol. The summed E-state index contributed by atoms with van der Waals surface area (Å²) in [5.74, 6) is -1.38. The molecular weight excluding hydrogens is 120 g/mol. The lowest BCUT2D eigenvalue weighted by Crippen LogP contribution is -2.14. The third-order valence-electron chi connectivity index (χ3n) is 0.874. The highest BCUT2D eigenvalue weighted by Gasteiger charge is 2.12. The molecule has 0 aromatic carbocycles. The lowest BCUT2D eigenvalue weighted by Gasteiger charge is -1.98. The van der Waals surface area contributed by atoms with Crippen LogP contribution < -0.4 is 0 Å². The van der Waals surface area contributed by atoms with Gasteiger partial charge in [-0.1, -0.05) is 6.08 Å². The zero-order valence-corrected chi connectivity index (χ0v) is 5.16. The summed E-state index contributed by atoms with van der Waals surface area (Å²) in [6.07, 6.45) is 1.72. The maximum atomic E-state index is 10.4. The molecule has 0 aromatic rings. The number of hydrogen-bond acceptors (Lipinski definition) is 3. The summed E-state index contributed by atoms with van der Waals surface area (Å²) in [6, 6.07) is 0. The van der Waals surface area contributed by atoms with Crippen LogP contribution in [0.25, 0.3) is 0 Å². The van der Waals surface area contributed by atoms with Crippen LogP contribution in [0.15, 0.2) is 12.7 Å². The van der Waals surface area contributed by atoms with E-state index < -0.39 is 11.9 Å². The standard InChI is InChI=1S/C6H8O3/c1-3-5(4-7)6(8)9-2/h3-5H,1H2,2H3. The molecule has 0 amide bonds. The minimum absolute atomic E-state index is 0.485. The summed E-state index contributed by atoms with van der Waals surface area (Å²) in [7, 11) is 1.22. The smallest absolute Gasteiger partial charge is 0.319 e. The maximum absolute atomic E-state index is 10.4. The number of esters is 1. The molecule has 0 aliphatic carbocycles. The fraction of sp³-hybridized carbons (Fsp3) is 0.333. The normalized spacial score (nSPS) is 11.7. The highest BCUT2D eigenvalue weighted by atomic mass is 16.5. The summed E-state index contributed by atoms with van der Waals surface area (Å²) in [5.41, 5.74) is 0. The van der Waals surface area contributed by atoms with Gasteiger partial charge in [0.1, 0.15) is 12.2 Å². The Morgan fingerprint density at radius 1 is 1.78 bits per heavy atom. The summed E-state index contributed by atoms with van der Waals surface area (Å²) < 4.78 is 4.25. The van der Waals surface area contributed by atoms with Crippen LogP contribution in [0.4, 0.5) is 0 Å². The van der Waals surface area contributed by atoms with Crippen LogP contribution in [-0.2, 0) is 14.3 Å². The fourth-order valence-corrected chi connectivity index (χ4v) is 0.343. The molecule has 0 aliphatic rings. The van der Waals surface area contributed by atoms with Gasteiger partial charge in [0.15, 0.2) is 0 Å². The van der Waals surface area contributed by atoms with Gasteiger partial charge in [0, 0.05) is 0 Å². The van der Waals surface area contributed by atoms with Crippen molar-refractivity contribution in [1.82, 2.24) is 0 Å². The highest BCUT2D eigenvalue weighted by molar-refractivity contribution is 5.89. The molecule has 0 saturated heterocycles. The first-order chi connectivity index (χ1) is 4.26. The minimum atomic E-state index is -0.810. The predicted octanol–water partition coefficient (Wildman–Crippen LogP) is 0.160. The van der Waals surface area contributed by atoms with E-state index in [-0.39, 0.29) is 0 Å². The quantitative estimate of drug-likeness (QED) is 0.235. The van der Waals surface area contributed by atoms with Crippen LogP contribution in [0.5, 0.6) is 0 Å². The lowest BCUT2D eigenvalue weighted by molar-refractivity contribution is -0.145. The van der Waals surface area contributed by atoms with Gasteiger partial charge < -0.3 is 9.53 Å². The molecule has 0 fully saturated rings. The molecule has 0 N–H and O–H groups in total. The molecule has 0 aromatic heterocycles. The van der Waals surface area contributed by atoms with Crippen molar-refractivity contribution in [3.8, 4) is 0 Å². The number of methoxy groups -OCH3 is 1. The molecule has 3 nitrogen and oxygen atoms in total. The number of ether oxygens (including phenoxy) is 1. The fourth-order valence-electron chi connectivity index (χ4n) is 0.343. The van der Waals surface area contributed by atoms with E-state index in [1.54, 1.807) is 0 Å². The second kappa shape index (κ2) is 3.83. The van der Waals surface area contributed by atoms with Crippen LogP contribution in [0, 0.1) is 5.92 Å². The Hall–Kier alpha value is -1.12. The van der Waals surface area contributed by atoms with E-state index in [0.717, 1.165) is 0 Å². The Bertz CT molecular complexity index is 120. The summed E-state index contributed by atoms with van der Waals surface area (Å²) >= 11 is 0. The second-order valence-electron chi connectivity index (χ2n) is 1.42. The van der Waals surface area contributed by atoms with Gasteiger partial charge >= 0.3 is 5.97 Å². The topological polar surface area (TPSA) is 43.4 Å². The zero-order chi connectivity index (χ0) is 7.28. The molecule has 0 saturated carbocycles. The first kappa shape index (κ1) is 7.88. The molecule has 9 heavy (non-hydrogen) atoms. The molecule has 3 heteroatoms. The third-order valence-corrected chi connectivity index (χ3v) is 0.874. The first-order valence-corrected chi connectivity index (χ1v) is 2.42. The summed E-state index contributed by atoms with van der Waals surface area (Å²) in [5, 5.41) is 0. The Morgan fingerprint density at radius 2 is 2.33 bits per heavy atom. The number of aldehydes is 1. The van der Waals surface area contributed by atoms with Crippen LogP contribution in [0.1, 0.15) is 0 Å². The SMILES string of the molecule is C=CC(C=O)C(=O)OC. The molecule has 0 spiro atoms. The van der Waals surface area contributed by atoms with Crippen molar-refractivity contribution in [3.05, 3.63) is 12.7 Å². The first-order valence-electron chi connectivity index (χ1n) is 2.42. The van der Waals surface area contributed by atoms with Crippen LogP contribution in [-0.4, -0.2) is 19.4 Å². The van der Waals surface area contributed by atoms with Crippen molar-refractivity contribution >= 4 is 12.3 Å². The van der Waals surface area contributed by atoms with Crippen molar-refractivity contribution in [2.45, 2.75) is 0 Å². The van der Waals surface area contributed by atoms with Crippen molar-refractivity contribution in [3.63, 3.8) is 0 Å². The molecule has 1 atom stereocenters. The minimum Gasteiger partial charge on any atom is -0.468 e. The van der Waals surface area contributed by atoms with E-state index in [0.29, 0.717) is 6.29 Å². The van der Waals surface area contributed by atoms with Gasteiger partial charge in [-0.25, -0.2) is 0 Å². The molecule has 0 bridgehead atoms. The molecule has 0 aliphatic heterocycles. The van der Waals surface area contributed by atoms with Gasteiger partial charge in [-0.3, -0.25) is 4.79 Å². The average molecular weight is 128 g/mol. The van der Waals surface area contributed by atoms with Crippen LogP contribution >= 0.6 is 0 Å². The Labute approximate surface area is 53.3 Å². The van der Waals surface area contributed by atoms with Crippen LogP contribution in [0.2, 0.25) is 0 Å². The van der Waals surface area contributed by atoms with Crippen molar-refractivity contribution < 1.29 is 14.3 Å². The largest absolute Gasteiger partial charge is 0.468 e. The van der Waals surface area contributed by atoms with E-state index >= 15 is 0 Å². The second-order valence-corrected chi connectivity index (χ2v) is 1.42. The zero-order valence-electron chi connectivity index (χ0n) is 5.16. The third kappa shape index (κ3) is 2.08. The molecule has 0 rings (SSSR count). The molecule has 1 unspecified atom stereocenters. The van der Waals surface area contributed by atoms with E-state index in [2.05, 4.69) is 11.3 Å². The van der Waals surface area contributed by atoms with E-state index in [1.165, 1.54) is 13.2 Å². The van der Waals surface area contributed by atoms with Gasteiger partial charge in [-0.05, 0) is 0 Å². The van der Waals surface area contributed by atoms with Gasteiger partial charge in [0.05, 0.1) is 7.11 Å². The van der Waals surface area contributed by atoms with Gasteiger partial charge in [-0.2, -0.15) is 0 Å². The van der Waals surface area contributed by atoms with Gasteiger partial charge in [0.2, 0.25) is 0 Å². The summed E-state index contributed by atoms with van der Waals surface area (Å²) in [6.45, 7) is 3.27. The Morgan fingerprint density at radius 3 is 2.44 bits per heavy atom. The van der Waals surface area contributed by atoms with Gasteiger partial charge in [-0.15, -0.1) is 6.58 Å². The number of carbonyl (C=O) groups is 2. The maximum Gasteiger partial charge on any atom is 0.319 e. The van der Waals surface area contributed by atoms with Crippen molar-refractivity contribution in [2.75, 3.05) is 7.11 Å². The van der Waals surface area contributed by atoms with E-state index in [4.69, 9.17) is 0 Å². The van der Waals surface area contributed by atoms with Crippen molar-refractivity contribution in [1.29, 1.82) is 0 Å². The van der Waals surface area contributed by atoms with E-state index in [1.807, 2.05) is 0 Å². The number of carbonyl (C=O) groups excluding carboxylic acids is 2.